The van der Waals surface area contributed by atoms with Crippen molar-refractivity contribution >= 4 is 0 Å². The maximum Gasteiger partial charge on any atom is 0.142 e. The predicted molar refractivity (Wildman–Crippen MR) is 82.1 cm³/mol. The van der Waals surface area contributed by atoms with Crippen LogP contribution in [0.15, 0.2) is 42.7 Å². The third kappa shape index (κ3) is 3.36. The predicted octanol–water partition coefficient (Wildman–Crippen LogP) is 3.49. The summed E-state index contributed by atoms with van der Waals surface area (Å²) in [7, 11) is 1.69. The van der Waals surface area contributed by atoms with Crippen molar-refractivity contribution < 1.29 is 4.74 Å². The average Bonchev–Trinajstić information content (AvgIpc) is 2.48. The summed E-state index contributed by atoms with van der Waals surface area (Å²) < 4.78 is 5.46. The molecule has 0 spiro atoms. The first-order valence-electron chi connectivity index (χ1n) is 7.04. The van der Waals surface area contributed by atoms with Gasteiger partial charge in [0.2, 0.25) is 0 Å². The second-order valence-electron chi connectivity index (χ2n) is 4.92. The molecule has 0 aliphatic heterocycles. The first kappa shape index (κ1) is 14.5. The van der Waals surface area contributed by atoms with E-state index in [-0.39, 0.29) is 6.04 Å². The Morgan fingerprint density at radius 1 is 1.30 bits per heavy atom. The molecular formula is C17H22N2O. The van der Waals surface area contributed by atoms with E-state index in [2.05, 4.69) is 48.4 Å². The third-order valence-corrected chi connectivity index (χ3v) is 3.32. The van der Waals surface area contributed by atoms with Crippen molar-refractivity contribution in [1.29, 1.82) is 0 Å². The highest BCUT2D eigenvalue weighted by atomic mass is 16.5. The van der Waals surface area contributed by atoms with Crippen molar-refractivity contribution in [2.24, 2.45) is 0 Å². The Kier molecular flexibility index (Phi) is 5.13. The van der Waals surface area contributed by atoms with E-state index in [1.165, 1.54) is 11.1 Å². The number of methoxy groups -OCH3 is 1. The number of nitrogens with zero attached hydrogens (tertiary/aromatic N) is 1. The fraction of sp³-hybridized carbons (Fsp3) is 0.353. The fourth-order valence-corrected chi connectivity index (χ4v) is 2.35. The van der Waals surface area contributed by atoms with Gasteiger partial charge in [-0.3, -0.25) is 4.98 Å². The molecule has 1 aromatic carbocycles. The minimum absolute atomic E-state index is 0.132. The van der Waals surface area contributed by atoms with Gasteiger partial charge in [-0.2, -0.15) is 0 Å². The number of pyridine rings is 1. The summed E-state index contributed by atoms with van der Waals surface area (Å²) >= 11 is 0. The number of aryl methyl sites for hydroxylation is 1. The number of aromatic nitrogens is 1. The quantitative estimate of drug-likeness (QED) is 0.872. The van der Waals surface area contributed by atoms with Crippen LogP contribution < -0.4 is 10.1 Å². The Labute approximate surface area is 121 Å². The first-order chi connectivity index (χ1) is 9.76. The van der Waals surface area contributed by atoms with Crippen molar-refractivity contribution in [2.75, 3.05) is 13.7 Å². The van der Waals surface area contributed by atoms with E-state index in [1.54, 1.807) is 13.3 Å². The number of ether oxygens (including phenoxy) is 1. The zero-order valence-electron chi connectivity index (χ0n) is 12.4. The highest BCUT2D eigenvalue weighted by Crippen LogP contribution is 2.29. The maximum atomic E-state index is 5.46. The molecule has 1 unspecified atom stereocenters. The number of benzene rings is 1. The molecule has 1 N–H and O–H groups in total. The number of rotatable bonds is 6. The number of nitrogens with one attached hydrogen (secondary N) is 1. The summed E-state index contributed by atoms with van der Waals surface area (Å²) in [4.78, 5) is 4.14. The van der Waals surface area contributed by atoms with Gasteiger partial charge in [0.15, 0.2) is 0 Å². The van der Waals surface area contributed by atoms with Crippen LogP contribution in [0.4, 0.5) is 0 Å². The van der Waals surface area contributed by atoms with Crippen LogP contribution in [-0.4, -0.2) is 18.6 Å². The summed E-state index contributed by atoms with van der Waals surface area (Å²) in [6, 6.07) is 10.7. The van der Waals surface area contributed by atoms with Gasteiger partial charge in [-0.05, 0) is 31.5 Å². The standard InChI is InChI=1S/C17H22N2O/c1-4-9-19-17(14-7-5-6-13(2)11-14)15-8-10-18-12-16(15)20-3/h5-8,10-12,17,19H,4,9H2,1-3H3. The summed E-state index contributed by atoms with van der Waals surface area (Å²) in [5, 5.41) is 3.60. The van der Waals surface area contributed by atoms with Crippen LogP contribution in [0, 0.1) is 6.92 Å². The molecule has 0 bridgehead atoms. The van der Waals surface area contributed by atoms with Crippen molar-refractivity contribution in [3.05, 3.63) is 59.4 Å². The smallest absolute Gasteiger partial charge is 0.142 e. The molecule has 106 valence electrons. The van der Waals surface area contributed by atoms with Gasteiger partial charge in [0.25, 0.3) is 0 Å². The van der Waals surface area contributed by atoms with Crippen LogP contribution in [-0.2, 0) is 0 Å². The monoisotopic (exact) mass is 270 g/mol. The molecule has 1 atom stereocenters. The summed E-state index contributed by atoms with van der Waals surface area (Å²) in [5.41, 5.74) is 3.64. The van der Waals surface area contributed by atoms with Gasteiger partial charge in [0, 0.05) is 11.8 Å². The van der Waals surface area contributed by atoms with Gasteiger partial charge < -0.3 is 10.1 Å². The number of hydrogen-bond donors (Lipinski definition) is 1. The van der Waals surface area contributed by atoms with E-state index in [4.69, 9.17) is 4.74 Å². The lowest BCUT2D eigenvalue weighted by Crippen LogP contribution is -2.23. The zero-order valence-corrected chi connectivity index (χ0v) is 12.4. The van der Waals surface area contributed by atoms with Crippen LogP contribution in [0.1, 0.15) is 36.1 Å². The van der Waals surface area contributed by atoms with Crippen LogP contribution in [0.3, 0.4) is 0 Å². The summed E-state index contributed by atoms with van der Waals surface area (Å²) in [5.74, 6) is 0.822. The first-order valence-corrected chi connectivity index (χ1v) is 7.04. The molecule has 3 nitrogen and oxygen atoms in total. The molecule has 0 saturated heterocycles. The normalized spacial score (nSPS) is 12.2. The lowest BCUT2D eigenvalue weighted by molar-refractivity contribution is 0.402. The molecule has 0 radical (unpaired) electrons. The second kappa shape index (κ2) is 7.06. The molecule has 3 heteroatoms. The van der Waals surface area contributed by atoms with Crippen LogP contribution in [0.25, 0.3) is 0 Å². The van der Waals surface area contributed by atoms with E-state index in [0.29, 0.717) is 0 Å². The van der Waals surface area contributed by atoms with Crippen LogP contribution >= 0.6 is 0 Å². The Morgan fingerprint density at radius 3 is 2.85 bits per heavy atom. The SMILES string of the molecule is CCCNC(c1cccc(C)c1)c1ccncc1OC. The molecule has 1 heterocycles. The average molecular weight is 270 g/mol. The summed E-state index contributed by atoms with van der Waals surface area (Å²) in [6.45, 7) is 5.25. The van der Waals surface area contributed by atoms with Crippen molar-refractivity contribution in [3.8, 4) is 5.75 Å². The molecule has 2 aromatic rings. The minimum Gasteiger partial charge on any atom is -0.495 e. The molecule has 0 saturated carbocycles. The largest absolute Gasteiger partial charge is 0.495 e. The molecule has 0 fully saturated rings. The Bertz CT molecular complexity index is 554. The van der Waals surface area contributed by atoms with Gasteiger partial charge in [0.1, 0.15) is 5.75 Å². The maximum absolute atomic E-state index is 5.46. The van der Waals surface area contributed by atoms with Gasteiger partial charge in [-0.1, -0.05) is 36.8 Å². The molecule has 2 rings (SSSR count). The highest BCUT2D eigenvalue weighted by molar-refractivity contribution is 5.40. The summed E-state index contributed by atoms with van der Waals surface area (Å²) in [6.07, 6.45) is 4.68. The molecule has 0 aliphatic rings. The third-order valence-electron chi connectivity index (χ3n) is 3.32. The Balaban J connectivity index is 2.41. The van der Waals surface area contributed by atoms with E-state index in [1.807, 2.05) is 12.3 Å². The van der Waals surface area contributed by atoms with E-state index in [0.717, 1.165) is 24.3 Å². The minimum atomic E-state index is 0.132. The van der Waals surface area contributed by atoms with Crippen LogP contribution in [0.2, 0.25) is 0 Å². The van der Waals surface area contributed by atoms with Crippen molar-refractivity contribution in [3.63, 3.8) is 0 Å². The van der Waals surface area contributed by atoms with Crippen molar-refractivity contribution in [1.82, 2.24) is 10.3 Å². The lowest BCUT2D eigenvalue weighted by atomic mass is 9.97. The second-order valence-corrected chi connectivity index (χ2v) is 4.92. The zero-order chi connectivity index (χ0) is 14.4. The van der Waals surface area contributed by atoms with Crippen LogP contribution in [0.5, 0.6) is 5.75 Å². The molecular weight excluding hydrogens is 248 g/mol. The van der Waals surface area contributed by atoms with E-state index >= 15 is 0 Å². The van der Waals surface area contributed by atoms with Gasteiger partial charge >= 0.3 is 0 Å². The molecule has 0 amide bonds. The lowest BCUT2D eigenvalue weighted by Gasteiger charge is -2.21. The molecule has 20 heavy (non-hydrogen) atoms. The van der Waals surface area contributed by atoms with E-state index < -0.39 is 0 Å². The molecule has 1 aromatic heterocycles. The van der Waals surface area contributed by atoms with Gasteiger partial charge in [-0.15, -0.1) is 0 Å². The Morgan fingerprint density at radius 2 is 2.15 bits per heavy atom. The fourth-order valence-electron chi connectivity index (χ4n) is 2.35. The molecule has 0 aliphatic carbocycles. The number of hydrogen-bond acceptors (Lipinski definition) is 3. The van der Waals surface area contributed by atoms with E-state index in [9.17, 15) is 0 Å². The van der Waals surface area contributed by atoms with Crippen molar-refractivity contribution in [2.45, 2.75) is 26.3 Å². The van der Waals surface area contributed by atoms with Gasteiger partial charge in [-0.25, -0.2) is 0 Å². The Hall–Kier alpha value is -1.87. The topological polar surface area (TPSA) is 34.2 Å². The highest BCUT2D eigenvalue weighted by Gasteiger charge is 2.17. The van der Waals surface area contributed by atoms with Gasteiger partial charge in [0.05, 0.1) is 19.3 Å².